The number of alkyl halides is 3. The van der Waals surface area contributed by atoms with Gasteiger partial charge in [-0.25, -0.2) is 36.7 Å². The Hall–Kier alpha value is -5.52. The first-order valence-corrected chi connectivity index (χ1v) is 58.5. The van der Waals surface area contributed by atoms with E-state index in [-0.39, 0.29) is 47.8 Å². The third kappa shape index (κ3) is 59.3. The number of methoxy groups -OCH3 is 5. The summed E-state index contributed by atoms with van der Waals surface area (Å²) in [5.74, 6) is -2.71. The molecule has 22 nitrogen and oxygen atoms in total. The van der Waals surface area contributed by atoms with Crippen molar-refractivity contribution in [3.05, 3.63) is 142 Å². The van der Waals surface area contributed by atoms with Gasteiger partial charge in [0.2, 0.25) is 36.5 Å². The quantitative estimate of drug-likeness (QED) is 0.0108. The van der Waals surface area contributed by atoms with Crippen LogP contribution in [0, 0.1) is 23.3 Å². The van der Waals surface area contributed by atoms with Gasteiger partial charge in [-0.05, 0) is 210 Å². The van der Waals surface area contributed by atoms with E-state index >= 15 is 0 Å². The maximum atomic E-state index is 13.3. The minimum absolute atomic E-state index is 0.0838. The molecule has 0 bridgehead atoms. The molecule has 0 aliphatic heterocycles. The monoisotopic (exact) mass is 1870 g/mol. The van der Waals surface area contributed by atoms with Crippen LogP contribution in [0.4, 0.5) is 30.7 Å². The Labute approximate surface area is 661 Å². The predicted octanol–water partition coefficient (Wildman–Crippen LogP) is 17.6. The molecule has 0 aliphatic carbocycles. The molecule has 0 saturated heterocycles. The molecule has 108 heavy (non-hydrogen) atoms. The maximum absolute atomic E-state index is 13.3. The van der Waals surface area contributed by atoms with Crippen LogP contribution in [0.3, 0.4) is 0 Å². The van der Waals surface area contributed by atoms with Crippen LogP contribution >= 0.6 is 51.6 Å². The summed E-state index contributed by atoms with van der Waals surface area (Å²) in [5, 5.41) is 19.4. The van der Waals surface area contributed by atoms with Crippen LogP contribution in [-0.2, 0) is 92.0 Å². The second-order valence-electron chi connectivity index (χ2n) is 25.8. The minimum atomic E-state index is -5.39. The van der Waals surface area contributed by atoms with E-state index in [2.05, 4.69) is 42.4 Å². The molecule has 0 atom stereocenters. The fourth-order valence-electron chi connectivity index (χ4n) is 6.70. The molecular formula is C69H104BrCl4F7O22SSi3Sn. The van der Waals surface area contributed by atoms with Crippen molar-refractivity contribution < 1.29 is 134 Å². The molecule has 4 rings (SSSR count). The third-order valence-corrected chi connectivity index (χ3v) is 16.5. The Balaban J connectivity index is -0.000000273. The Morgan fingerprint density at radius 2 is 0.759 bits per heavy atom. The molecule has 0 heterocycles. The van der Waals surface area contributed by atoms with Crippen molar-refractivity contribution in [2.75, 3.05) is 55.4 Å². The Morgan fingerprint density at radius 3 is 0.972 bits per heavy atom. The molecule has 0 fully saturated rings. The number of esters is 4. The number of ketones is 3. The SMILES string of the molecule is C=C(O[Si](C)(C)C)C(=O)OCC.C=C(O[Si](C)(C)C)C(=O)OCC.CC(C)=O.CCOC(=O)C(C)=O.COC(=O)C(=O)CC(C)(C)c1cc(F)ccc1OC.COc1ccc(F)cc1Br.COc1ccc(F)cc1C(C)(C)O.COc1ccc(F)cc1C(C)(C)O.C[Si](C)(C)OS(=O)(=O)C(F)(F)F.[Cl][Sn]([Cl])([Cl])[Cl]. The zero-order valence-electron chi connectivity index (χ0n) is 65.7. The van der Waals surface area contributed by atoms with Crippen molar-refractivity contribution in [1.29, 1.82) is 0 Å². The van der Waals surface area contributed by atoms with E-state index in [0.29, 0.717) is 57.4 Å². The first-order chi connectivity index (χ1) is 48.5. The van der Waals surface area contributed by atoms with E-state index in [0.717, 1.165) is 7.11 Å². The van der Waals surface area contributed by atoms with Gasteiger partial charge in [-0.2, -0.15) is 21.6 Å². The number of ether oxygens (including phenoxy) is 8. The molecule has 39 heteroatoms. The summed E-state index contributed by atoms with van der Waals surface area (Å²) in [6.45, 7) is 43.2. The molecule has 0 unspecified atom stereocenters. The number of hydrogen-bond acceptors (Lipinski definition) is 22. The first-order valence-electron chi connectivity index (χ1n) is 31.6. The molecule has 4 aromatic carbocycles. The van der Waals surface area contributed by atoms with E-state index in [9.17, 15) is 82.9 Å². The summed E-state index contributed by atoms with van der Waals surface area (Å²) in [5.41, 5.74) is -6.79. The van der Waals surface area contributed by atoms with Gasteiger partial charge in [-0.15, -0.1) is 0 Å². The van der Waals surface area contributed by atoms with Gasteiger partial charge < -0.3 is 65.6 Å². The Bertz CT molecular complexity index is 3490. The standard InChI is InChI=1S/C14H17FO4.2C10H13FO2.2C8H16O3Si.C7H6BrFO.C5H8O3.C4H9F3O3SSi.C3H6O.4ClH.Sn/c1-14(2,8-11(16)13(17)19-4)10-7-9(15)5-6-12(10)18-3;2*1-10(2,12)8-6-7(11)4-5-9(8)13-3;2*1-6-10-8(9)7(2)11-12(3,4)5;1-10-7-3-2-5(9)4-6(7)8;1-3-8-5(7)4(2)6;1-12(2,3)10-11(8,9)4(5,6)7;1-3(2)4;;;;;/h5-7H,8H2,1-4H3;2*4-6,12H,1-3H3;2*2,6H2,1,3-5H3;2-4H,1H3;3H2,1-2H3;1-3H3;1-2H3;4*1H;/q;;;;;;;;;;;;;+4/p-4. The van der Waals surface area contributed by atoms with Crippen molar-refractivity contribution in [1.82, 2.24) is 0 Å². The van der Waals surface area contributed by atoms with Crippen LogP contribution in [-0.4, -0.2) is 160 Å². The Kier molecular flexibility index (Phi) is 56.1. The summed E-state index contributed by atoms with van der Waals surface area (Å²) in [4.78, 5) is 74.5. The summed E-state index contributed by atoms with van der Waals surface area (Å²) < 4.78 is 161. The number of Topliss-reactive ketones (excluding diaryl/α,β-unsaturated/α-hetero) is 3. The van der Waals surface area contributed by atoms with Crippen molar-refractivity contribution in [2.45, 2.75) is 171 Å². The predicted molar refractivity (Wildman–Crippen MR) is 417 cm³/mol. The second-order valence-corrected chi connectivity index (χ2v) is 67.3. The van der Waals surface area contributed by atoms with Crippen LogP contribution in [0.25, 0.3) is 0 Å². The molecule has 0 spiro atoms. The van der Waals surface area contributed by atoms with Crippen LogP contribution in [0.5, 0.6) is 23.0 Å². The van der Waals surface area contributed by atoms with Gasteiger partial charge >= 0.3 is 89.1 Å². The van der Waals surface area contributed by atoms with Crippen LogP contribution in [0.15, 0.2) is 102 Å². The second kappa shape index (κ2) is 53.4. The van der Waals surface area contributed by atoms with E-state index in [1.165, 1.54) is 136 Å². The zero-order chi connectivity index (χ0) is 86.7. The van der Waals surface area contributed by atoms with Crippen LogP contribution < -0.4 is 18.9 Å². The van der Waals surface area contributed by atoms with Crippen LogP contribution in [0.2, 0.25) is 58.9 Å². The molecule has 0 aromatic heterocycles. The molecular weight excluding hydrogens is 1770 g/mol. The average molecular weight is 1880 g/mol. The normalized spacial score (nSPS) is 11.0. The fourth-order valence-corrected chi connectivity index (χ4v) is 11.9. The number of aliphatic hydroxyl groups is 2. The van der Waals surface area contributed by atoms with E-state index in [4.69, 9.17) is 73.0 Å². The molecule has 0 amide bonds. The fraction of sp³-hybridized carbons (Fsp3) is 0.493. The zero-order valence-corrected chi connectivity index (χ0v) is 77.0. The third-order valence-electron chi connectivity index (χ3n) is 10.7. The topological polar surface area (TPSA) is 296 Å². The molecule has 0 saturated carbocycles. The molecule has 618 valence electrons. The number of carbonyl (C=O) groups excluding carboxylic acids is 7. The number of benzene rings is 4. The summed E-state index contributed by atoms with van der Waals surface area (Å²) in [7, 11) is 15.7. The van der Waals surface area contributed by atoms with Crippen molar-refractivity contribution in [3.8, 4) is 23.0 Å². The summed E-state index contributed by atoms with van der Waals surface area (Å²) >= 11 is -0.149. The average Bonchev–Trinajstić information content (AvgIpc) is 0.818. The van der Waals surface area contributed by atoms with Gasteiger partial charge in [0.15, 0.2) is 11.5 Å². The van der Waals surface area contributed by atoms with Crippen LogP contribution in [0.1, 0.15) is 106 Å². The Morgan fingerprint density at radius 1 is 0.491 bits per heavy atom. The molecule has 2 N–H and O–H groups in total. The molecule has 4 aromatic rings. The number of carbonyl (C=O) groups is 7. The van der Waals surface area contributed by atoms with Gasteiger partial charge in [0.1, 0.15) is 52.1 Å². The van der Waals surface area contributed by atoms with Gasteiger partial charge in [0.25, 0.3) is 0 Å². The van der Waals surface area contributed by atoms with Gasteiger partial charge in [0, 0.05) is 35.4 Å². The van der Waals surface area contributed by atoms with Crippen molar-refractivity contribution >= 4 is 142 Å². The van der Waals surface area contributed by atoms with Crippen molar-refractivity contribution in [2.24, 2.45) is 0 Å². The number of hydrogen-bond donors (Lipinski definition) is 2. The van der Waals surface area contributed by atoms with Crippen molar-refractivity contribution in [3.63, 3.8) is 0 Å². The summed E-state index contributed by atoms with van der Waals surface area (Å²) in [6, 6.07) is 16.5. The van der Waals surface area contributed by atoms with Gasteiger partial charge in [-0.3, -0.25) is 9.59 Å². The van der Waals surface area contributed by atoms with Gasteiger partial charge in [0.05, 0.1) is 71.0 Å². The summed E-state index contributed by atoms with van der Waals surface area (Å²) in [6.07, 6.45) is -0.0838. The molecule has 0 aliphatic rings. The van der Waals surface area contributed by atoms with E-state index < -0.39 is 112 Å². The first kappa shape index (κ1) is 113. The van der Waals surface area contributed by atoms with Gasteiger partial charge in [-0.1, -0.05) is 27.0 Å². The number of rotatable bonds is 22. The molecule has 0 radical (unpaired) electrons. The van der Waals surface area contributed by atoms with E-state index in [1.807, 2.05) is 39.3 Å². The number of halogens is 12. The van der Waals surface area contributed by atoms with E-state index in [1.54, 1.807) is 68.4 Å².